The number of rotatable bonds is 5. The summed E-state index contributed by atoms with van der Waals surface area (Å²) in [5, 5.41) is 3.94. The summed E-state index contributed by atoms with van der Waals surface area (Å²) in [4.78, 5) is 5.97. The normalized spacial score (nSPS) is 16.3. The minimum atomic E-state index is -3.73. The zero-order chi connectivity index (χ0) is 16.0. The molecule has 8 heteroatoms. The van der Waals surface area contributed by atoms with Crippen LogP contribution in [0.3, 0.4) is 0 Å². The fourth-order valence-corrected chi connectivity index (χ4v) is 2.96. The van der Waals surface area contributed by atoms with Gasteiger partial charge in [0.2, 0.25) is 5.88 Å². The summed E-state index contributed by atoms with van der Waals surface area (Å²) in [7, 11) is -0.0592. The maximum atomic E-state index is 12.3. The average Bonchev–Trinajstić information content (AvgIpc) is 3.04. The van der Waals surface area contributed by atoms with Crippen molar-refractivity contribution in [2.75, 3.05) is 23.7 Å². The van der Waals surface area contributed by atoms with Crippen LogP contribution in [0.25, 0.3) is 0 Å². The maximum absolute atomic E-state index is 12.3. The van der Waals surface area contributed by atoms with E-state index < -0.39 is 10.0 Å². The second kappa shape index (κ2) is 4.98. The Morgan fingerprint density at radius 2 is 2.05 bits per heavy atom. The molecule has 118 valence electrons. The lowest BCUT2D eigenvalue weighted by Gasteiger charge is -2.11. The molecule has 0 aromatic carbocycles. The molecule has 1 aliphatic carbocycles. The topological polar surface area (TPSA) is 88.3 Å². The van der Waals surface area contributed by atoms with Gasteiger partial charge in [0.15, 0.2) is 0 Å². The lowest BCUT2D eigenvalue weighted by atomic mass is 10.1. The van der Waals surface area contributed by atoms with Gasteiger partial charge in [0.25, 0.3) is 10.0 Å². The van der Waals surface area contributed by atoms with E-state index >= 15 is 0 Å². The van der Waals surface area contributed by atoms with Crippen LogP contribution in [0.2, 0.25) is 0 Å². The number of sulfonamides is 1. The van der Waals surface area contributed by atoms with Gasteiger partial charge in [0.05, 0.1) is 5.69 Å². The van der Waals surface area contributed by atoms with Crippen LogP contribution < -0.4 is 9.62 Å². The van der Waals surface area contributed by atoms with Crippen LogP contribution in [0.15, 0.2) is 33.8 Å². The van der Waals surface area contributed by atoms with Gasteiger partial charge in [-0.1, -0.05) is 12.1 Å². The monoisotopic (exact) mass is 322 g/mol. The largest absolute Gasteiger partial charge is 0.363 e. The van der Waals surface area contributed by atoms with Crippen LogP contribution >= 0.6 is 0 Å². The van der Waals surface area contributed by atoms with Gasteiger partial charge in [-0.25, -0.2) is 18.1 Å². The zero-order valence-corrected chi connectivity index (χ0v) is 13.5. The van der Waals surface area contributed by atoms with Crippen molar-refractivity contribution in [2.45, 2.75) is 30.1 Å². The molecule has 0 amide bonds. The van der Waals surface area contributed by atoms with Crippen LogP contribution in [-0.2, 0) is 15.4 Å². The molecule has 2 aromatic heterocycles. The van der Waals surface area contributed by atoms with Crippen molar-refractivity contribution < 1.29 is 12.9 Å². The molecule has 0 unspecified atom stereocenters. The van der Waals surface area contributed by atoms with E-state index in [1.54, 1.807) is 17.0 Å². The standard InChI is InChI=1S/C14H18N4O3S/c1-14(6-7-14)11-8-13(21-16-11)17-22(19,20)10-4-5-12(15-9-10)18(2)3/h4-5,8-9,17H,6-7H2,1-3H3. The molecule has 22 heavy (non-hydrogen) atoms. The molecule has 2 aromatic rings. The third-order valence-corrected chi connectivity index (χ3v) is 5.18. The second-order valence-corrected chi connectivity index (χ2v) is 7.67. The summed E-state index contributed by atoms with van der Waals surface area (Å²) in [5.41, 5.74) is 0.813. The summed E-state index contributed by atoms with van der Waals surface area (Å²) >= 11 is 0. The molecular formula is C14H18N4O3S. The molecule has 2 heterocycles. The van der Waals surface area contributed by atoms with Crippen molar-refractivity contribution in [3.05, 3.63) is 30.1 Å². The molecule has 1 fully saturated rings. The van der Waals surface area contributed by atoms with Crippen molar-refractivity contribution in [3.8, 4) is 0 Å². The molecule has 0 spiro atoms. The quantitative estimate of drug-likeness (QED) is 0.905. The minimum Gasteiger partial charge on any atom is -0.363 e. The van der Waals surface area contributed by atoms with Crippen LogP contribution in [0.4, 0.5) is 11.7 Å². The Bertz CT molecular complexity index is 777. The number of hydrogen-bond acceptors (Lipinski definition) is 6. The van der Waals surface area contributed by atoms with Gasteiger partial charge in [-0.15, -0.1) is 0 Å². The average molecular weight is 322 g/mol. The third kappa shape index (κ3) is 2.78. The first kappa shape index (κ1) is 14.8. The summed E-state index contributed by atoms with van der Waals surface area (Å²) in [6.45, 7) is 2.08. The fraction of sp³-hybridized carbons (Fsp3) is 0.429. The Morgan fingerprint density at radius 1 is 1.32 bits per heavy atom. The third-order valence-electron chi connectivity index (χ3n) is 3.85. The van der Waals surface area contributed by atoms with Crippen LogP contribution in [0.1, 0.15) is 25.5 Å². The molecule has 1 aliphatic rings. The highest BCUT2D eigenvalue weighted by atomic mass is 32.2. The van der Waals surface area contributed by atoms with Crippen molar-refractivity contribution in [2.24, 2.45) is 0 Å². The molecule has 0 aliphatic heterocycles. The van der Waals surface area contributed by atoms with Crippen molar-refractivity contribution >= 4 is 21.7 Å². The van der Waals surface area contributed by atoms with Crippen LogP contribution in [0.5, 0.6) is 0 Å². The number of pyridine rings is 1. The lowest BCUT2D eigenvalue weighted by Crippen LogP contribution is -2.14. The maximum Gasteiger partial charge on any atom is 0.265 e. The van der Waals surface area contributed by atoms with Gasteiger partial charge < -0.3 is 9.42 Å². The number of hydrogen-bond donors (Lipinski definition) is 1. The first-order chi connectivity index (χ1) is 10.3. The second-order valence-electron chi connectivity index (χ2n) is 5.99. The first-order valence-electron chi connectivity index (χ1n) is 6.94. The minimum absolute atomic E-state index is 0.0299. The Kier molecular flexibility index (Phi) is 3.36. The van der Waals surface area contributed by atoms with Gasteiger partial charge >= 0.3 is 0 Å². The first-order valence-corrected chi connectivity index (χ1v) is 8.42. The number of aromatic nitrogens is 2. The Balaban J connectivity index is 1.79. The summed E-state index contributed by atoms with van der Waals surface area (Å²) in [6.07, 6.45) is 3.40. The van der Waals surface area contributed by atoms with E-state index in [0.29, 0.717) is 5.82 Å². The number of nitrogens with zero attached hydrogens (tertiary/aromatic N) is 3. The van der Waals surface area contributed by atoms with Crippen LogP contribution in [0, 0.1) is 0 Å². The van der Waals surface area contributed by atoms with Crippen LogP contribution in [-0.4, -0.2) is 32.7 Å². The molecule has 7 nitrogen and oxygen atoms in total. The molecule has 3 rings (SSSR count). The predicted octanol–water partition coefficient (Wildman–Crippen LogP) is 1.99. The van der Waals surface area contributed by atoms with E-state index in [2.05, 4.69) is 21.8 Å². The Hall–Kier alpha value is -2.09. The highest BCUT2D eigenvalue weighted by Gasteiger charge is 2.42. The molecule has 0 saturated heterocycles. The smallest absolute Gasteiger partial charge is 0.265 e. The Labute approximate surface area is 129 Å². The molecule has 1 N–H and O–H groups in total. The highest BCUT2D eigenvalue weighted by Crippen LogP contribution is 2.47. The molecule has 0 radical (unpaired) electrons. The van der Waals surface area contributed by atoms with E-state index in [-0.39, 0.29) is 16.2 Å². The molecule has 0 bridgehead atoms. The molecule has 0 atom stereocenters. The summed E-state index contributed by atoms with van der Waals surface area (Å²) in [5.74, 6) is 0.808. The zero-order valence-electron chi connectivity index (χ0n) is 12.7. The summed E-state index contributed by atoms with van der Waals surface area (Å²) < 4.78 is 32.1. The van der Waals surface area contributed by atoms with E-state index in [9.17, 15) is 8.42 Å². The fourth-order valence-electron chi connectivity index (χ4n) is 2.04. The van der Waals surface area contributed by atoms with Crippen molar-refractivity contribution in [1.29, 1.82) is 0 Å². The molecular weight excluding hydrogens is 304 g/mol. The van der Waals surface area contributed by atoms with Crippen molar-refractivity contribution in [1.82, 2.24) is 10.1 Å². The van der Waals surface area contributed by atoms with E-state index in [0.717, 1.165) is 18.5 Å². The lowest BCUT2D eigenvalue weighted by molar-refractivity contribution is 0.419. The van der Waals surface area contributed by atoms with Gasteiger partial charge in [0.1, 0.15) is 10.7 Å². The number of nitrogens with one attached hydrogen (secondary N) is 1. The molecule has 1 saturated carbocycles. The Morgan fingerprint density at radius 3 is 2.59 bits per heavy atom. The van der Waals surface area contributed by atoms with Gasteiger partial charge in [-0.05, 0) is 25.0 Å². The van der Waals surface area contributed by atoms with E-state index in [4.69, 9.17) is 4.52 Å². The van der Waals surface area contributed by atoms with Gasteiger partial charge in [0, 0.05) is 31.8 Å². The van der Waals surface area contributed by atoms with Crippen molar-refractivity contribution in [3.63, 3.8) is 0 Å². The highest BCUT2D eigenvalue weighted by molar-refractivity contribution is 7.92. The van der Waals surface area contributed by atoms with E-state index in [1.165, 1.54) is 12.3 Å². The summed E-state index contributed by atoms with van der Waals surface area (Å²) in [6, 6.07) is 4.79. The predicted molar refractivity (Wildman–Crippen MR) is 82.5 cm³/mol. The SMILES string of the molecule is CN(C)c1ccc(S(=O)(=O)Nc2cc(C3(C)CC3)no2)cn1. The van der Waals surface area contributed by atoms with Gasteiger partial charge in [-0.3, -0.25) is 0 Å². The number of anilines is 2. The van der Waals surface area contributed by atoms with Gasteiger partial charge in [-0.2, -0.15) is 0 Å². The van der Waals surface area contributed by atoms with E-state index in [1.807, 2.05) is 14.1 Å².